The molecule has 2 aromatic carbocycles. The number of ether oxygens (including phenoxy) is 2. The van der Waals surface area contributed by atoms with Crippen molar-refractivity contribution in [1.82, 2.24) is 4.90 Å². The fourth-order valence-electron chi connectivity index (χ4n) is 3.86. The third kappa shape index (κ3) is 3.57. The summed E-state index contributed by atoms with van der Waals surface area (Å²) in [6.07, 6.45) is 0.642. The van der Waals surface area contributed by atoms with Gasteiger partial charge in [-0.15, -0.1) is 0 Å². The zero-order valence-corrected chi connectivity index (χ0v) is 17.6. The molecule has 0 aliphatic carbocycles. The van der Waals surface area contributed by atoms with Gasteiger partial charge in [0.05, 0.1) is 23.6 Å². The number of rotatable bonds is 7. The van der Waals surface area contributed by atoms with Gasteiger partial charge in [0.25, 0.3) is 5.91 Å². The highest BCUT2D eigenvalue weighted by Crippen LogP contribution is 2.38. The summed E-state index contributed by atoms with van der Waals surface area (Å²) in [4.78, 5) is 28.3. The van der Waals surface area contributed by atoms with Gasteiger partial charge in [-0.25, -0.2) is 0 Å². The number of fused-ring (bicyclic) bond motifs is 2. The van der Waals surface area contributed by atoms with Crippen molar-refractivity contribution in [1.29, 1.82) is 0 Å². The molecular formula is C23H22ClNO5. The Hall–Kier alpha value is -2.83. The van der Waals surface area contributed by atoms with E-state index >= 15 is 0 Å². The first kappa shape index (κ1) is 20.4. The van der Waals surface area contributed by atoms with Gasteiger partial charge in [-0.3, -0.25) is 9.59 Å². The molecule has 0 saturated heterocycles. The third-order valence-corrected chi connectivity index (χ3v) is 5.42. The quantitative estimate of drug-likeness (QED) is 0.522. The van der Waals surface area contributed by atoms with Crippen LogP contribution in [0.15, 0.2) is 51.7 Å². The molecule has 0 spiro atoms. The first-order chi connectivity index (χ1) is 14.5. The van der Waals surface area contributed by atoms with Gasteiger partial charge in [0.1, 0.15) is 11.3 Å². The molecule has 0 fully saturated rings. The zero-order valence-electron chi connectivity index (χ0n) is 16.8. The number of carbonyl (C=O) groups excluding carboxylic acids is 1. The Bertz CT molecular complexity index is 1140. The lowest BCUT2D eigenvalue weighted by Gasteiger charge is -2.25. The zero-order chi connectivity index (χ0) is 21.3. The molecule has 0 N–H and O–H groups in total. The average molecular weight is 428 g/mol. The molecule has 2 heterocycles. The van der Waals surface area contributed by atoms with Crippen LogP contribution in [0, 0.1) is 0 Å². The SMILES string of the molecule is CCOc1ccc(C2c3c(oc4ccc(Cl)cc4c3=O)C(=O)N2CCCOC)cc1. The van der Waals surface area contributed by atoms with Gasteiger partial charge in [-0.05, 0) is 49.2 Å². The van der Waals surface area contributed by atoms with E-state index < -0.39 is 6.04 Å². The maximum absolute atomic E-state index is 13.4. The smallest absolute Gasteiger partial charge is 0.290 e. The first-order valence-corrected chi connectivity index (χ1v) is 10.2. The lowest BCUT2D eigenvalue weighted by atomic mass is 9.98. The first-order valence-electron chi connectivity index (χ1n) is 9.84. The van der Waals surface area contributed by atoms with Crippen LogP contribution in [0.2, 0.25) is 5.02 Å². The van der Waals surface area contributed by atoms with Crippen molar-refractivity contribution < 1.29 is 18.7 Å². The molecule has 1 aliphatic rings. The Balaban J connectivity index is 1.86. The average Bonchev–Trinajstić information content (AvgIpc) is 3.02. The molecule has 0 radical (unpaired) electrons. The molecule has 4 rings (SSSR count). The van der Waals surface area contributed by atoms with E-state index in [-0.39, 0.29) is 17.1 Å². The molecule has 30 heavy (non-hydrogen) atoms. The highest BCUT2D eigenvalue weighted by molar-refractivity contribution is 6.31. The fraction of sp³-hybridized carbons (Fsp3) is 0.304. The standard InChI is InChI=1S/C23H22ClNO5/c1-3-29-16-8-5-14(6-9-16)20-19-21(26)17-13-15(24)7-10-18(17)30-22(19)23(27)25(20)11-4-12-28-2/h5-10,13,20H,3-4,11-12H2,1-2H3. The number of hydrogen-bond donors (Lipinski definition) is 0. The monoisotopic (exact) mass is 427 g/mol. The summed E-state index contributed by atoms with van der Waals surface area (Å²) in [5.41, 5.74) is 1.27. The van der Waals surface area contributed by atoms with Gasteiger partial charge in [-0.2, -0.15) is 0 Å². The molecule has 1 unspecified atom stereocenters. The Kier molecular flexibility index (Phi) is 5.79. The van der Waals surface area contributed by atoms with Crippen LogP contribution in [0.4, 0.5) is 0 Å². The maximum Gasteiger partial charge on any atom is 0.290 e. The molecular weight excluding hydrogens is 406 g/mol. The van der Waals surface area contributed by atoms with E-state index in [0.29, 0.717) is 47.7 Å². The number of benzene rings is 2. The molecule has 0 bridgehead atoms. The normalized spacial score (nSPS) is 15.6. The van der Waals surface area contributed by atoms with E-state index in [1.54, 1.807) is 30.2 Å². The second-order valence-corrected chi connectivity index (χ2v) is 7.50. The van der Waals surface area contributed by atoms with Crippen molar-refractivity contribution in [2.45, 2.75) is 19.4 Å². The van der Waals surface area contributed by atoms with Crippen molar-refractivity contribution in [2.24, 2.45) is 0 Å². The second-order valence-electron chi connectivity index (χ2n) is 7.06. The van der Waals surface area contributed by atoms with E-state index in [9.17, 15) is 9.59 Å². The number of halogens is 1. The van der Waals surface area contributed by atoms with Crippen LogP contribution in [-0.4, -0.2) is 37.7 Å². The Morgan fingerprint density at radius 2 is 1.90 bits per heavy atom. The van der Waals surface area contributed by atoms with Crippen LogP contribution in [-0.2, 0) is 4.74 Å². The van der Waals surface area contributed by atoms with Crippen molar-refractivity contribution in [3.63, 3.8) is 0 Å². The highest BCUT2D eigenvalue weighted by Gasteiger charge is 2.42. The minimum Gasteiger partial charge on any atom is -0.494 e. The minimum absolute atomic E-state index is 0.0890. The van der Waals surface area contributed by atoms with Gasteiger partial charge < -0.3 is 18.8 Å². The van der Waals surface area contributed by atoms with Crippen LogP contribution in [0.1, 0.15) is 41.1 Å². The van der Waals surface area contributed by atoms with Crippen molar-refractivity contribution >= 4 is 28.5 Å². The number of methoxy groups -OCH3 is 1. The lowest BCUT2D eigenvalue weighted by molar-refractivity contribution is 0.0708. The Labute approximate surface area is 179 Å². The molecule has 1 aliphatic heterocycles. The number of amides is 1. The van der Waals surface area contributed by atoms with Crippen LogP contribution in [0.5, 0.6) is 5.75 Å². The van der Waals surface area contributed by atoms with Gasteiger partial charge in [0, 0.05) is 25.3 Å². The molecule has 7 heteroatoms. The van der Waals surface area contributed by atoms with Crippen molar-refractivity contribution in [3.8, 4) is 5.75 Å². The Morgan fingerprint density at radius 3 is 2.60 bits per heavy atom. The summed E-state index contributed by atoms with van der Waals surface area (Å²) < 4.78 is 16.6. The summed E-state index contributed by atoms with van der Waals surface area (Å²) in [6, 6.07) is 11.7. The van der Waals surface area contributed by atoms with E-state index in [4.69, 9.17) is 25.5 Å². The predicted molar refractivity (Wildman–Crippen MR) is 114 cm³/mol. The molecule has 3 aromatic rings. The van der Waals surface area contributed by atoms with Gasteiger partial charge >= 0.3 is 0 Å². The third-order valence-electron chi connectivity index (χ3n) is 5.18. The molecule has 6 nitrogen and oxygen atoms in total. The minimum atomic E-state index is -0.542. The van der Waals surface area contributed by atoms with E-state index in [0.717, 1.165) is 11.3 Å². The van der Waals surface area contributed by atoms with Gasteiger partial charge in [0.15, 0.2) is 5.43 Å². The topological polar surface area (TPSA) is 69.0 Å². The maximum atomic E-state index is 13.4. The summed E-state index contributed by atoms with van der Waals surface area (Å²) in [5, 5.41) is 0.803. The number of carbonyl (C=O) groups is 1. The Morgan fingerprint density at radius 1 is 1.13 bits per heavy atom. The number of hydrogen-bond acceptors (Lipinski definition) is 5. The van der Waals surface area contributed by atoms with Crippen molar-refractivity contribution in [3.05, 3.63) is 74.6 Å². The summed E-state index contributed by atoms with van der Waals surface area (Å²) in [6.45, 7) is 3.42. The largest absolute Gasteiger partial charge is 0.494 e. The summed E-state index contributed by atoms with van der Waals surface area (Å²) >= 11 is 6.10. The predicted octanol–water partition coefficient (Wildman–Crippen LogP) is 4.43. The summed E-state index contributed by atoms with van der Waals surface area (Å²) in [7, 11) is 1.62. The van der Waals surface area contributed by atoms with Gasteiger partial charge in [0.2, 0.25) is 5.76 Å². The molecule has 1 atom stereocenters. The van der Waals surface area contributed by atoms with Crippen LogP contribution in [0.3, 0.4) is 0 Å². The molecule has 1 aromatic heterocycles. The molecule has 0 saturated carbocycles. The number of nitrogens with zero attached hydrogens (tertiary/aromatic N) is 1. The molecule has 156 valence electrons. The van der Waals surface area contributed by atoms with E-state index in [1.807, 2.05) is 31.2 Å². The van der Waals surface area contributed by atoms with Crippen LogP contribution < -0.4 is 10.2 Å². The summed E-state index contributed by atoms with van der Waals surface area (Å²) in [5.74, 6) is 0.522. The lowest BCUT2D eigenvalue weighted by Crippen LogP contribution is -2.31. The van der Waals surface area contributed by atoms with Gasteiger partial charge in [-0.1, -0.05) is 23.7 Å². The van der Waals surface area contributed by atoms with Crippen LogP contribution in [0.25, 0.3) is 11.0 Å². The molecule has 1 amide bonds. The fourth-order valence-corrected chi connectivity index (χ4v) is 4.03. The van der Waals surface area contributed by atoms with Crippen LogP contribution >= 0.6 is 11.6 Å². The van der Waals surface area contributed by atoms with E-state index in [2.05, 4.69) is 0 Å². The van der Waals surface area contributed by atoms with E-state index in [1.165, 1.54) is 0 Å². The highest BCUT2D eigenvalue weighted by atomic mass is 35.5. The van der Waals surface area contributed by atoms with Crippen molar-refractivity contribution in [2.75, 3.05) is 26.9 Å². The second kappa shape index (κ2) is 8.50.